The van der Waals surface area contributed by atoms with Crippen molar-refractivity contribution in [3.63, 3.8) is 0 Å². The van der Waals surface area contributed by atoms with Crippen molar-refractivity contribution in [1.29, 1.82) is 0 Å². The molecule has 1 atom stereocenters. The largest absolute Gasteiger partial charge is 0.497 e. The van der Waals surface area contributed by atoms with Gasteiger partial charge in [0.05, 0.1) is 13.0 Å². The molecule has 0 bridgehead atoms. The number of benzene rings is 2. The minimum Gasteiger partial charge on any atom is -0.497 e. The summed E-state index contributed by atoms with van der Waals surface area (Å²) in [5, 5.41) is 0. The Labute approximate surface area is 157 Å². The van der Waals surface area contributed by atoms with Crippen molar-refractivity contribution >= 4 is 23.3 Å². The molecule has 6 nitrogen and oxygen atoms in total. The van der Waals surface area contributed by atoms with E-state index in [1.165, 1.54) is 4.90 Å². The number of aryl methyl sites for hydroxylation is 1. The first kappa shape index (κ1) is 18.6. The van der Waals surface area contributed by atoms with E-state index in [1.807, 2.05) is 19.1 Å². The van der Waals surface area contributed by atoms with Crippen LogP contribution >= 0.6 is 0 Å². The summed E-state index contributed by atoms with van der Waals surface area (Å²) < 4.78 is 10.3. The van der Waals surface area contributed by atoms with Gasteiger partial charge in [-0.15, -0.1) is 0 Å². The minimum atomic E-state index is -0.588. The van der Waals surface area contributed by atoms with Crippen LogP contribution in [0, 0.1) is 12.8 Å². The number of hydrogen-bond donors (Lipinski definition) is 0. The summed E-state index contributed by atoms with van der Waals surface area (Å²) in [7, 11) is 1.55. The van der Waals surface area contributed by atoms with E-state index in [-0.39, 0.29) is 31.3 Å². The molecule has 0 saturated carbocycles. The highest BCUT2D eigenvalue weighted by molar-refractivity contribution is 6.01. The normalized spacial score (nSPS) is 16.3. The molecule has 0 spiro atoms. The summed E-state index contributed by atoms with van der Waals surface area (Å²) in [6.45, 7) is 1.83. The molecular weight excluding hydrogens is 346 g/mol. The van der Waals surface area contributed by atoms with E-state index in [9.17, 15) is 14.4 Å². The number of carbonyl (C=O) groups excluding carboxylic acids is 3. The zero-order chi connectivity index (χ0) is 19.4. The monoisotopic (exact) mass is 367 g/mol. The van der Waals surface area contributed by atoms with Crippen LogP contribution in [0.15, 0.2) is 48.5 Å². The average molecular weight is 367 g/mol. The van der Waals surface area contributed by atoms with Gasteiger partial charge in [-0.1, -0.05) is 35.9 Å². The van der Waals surface area contributed by atoms with Crippen molar-refractivity contribution in [2.24, 2.45) is 5.92 Å². The van der Waals surface area contributed by atoms with Crippen molar-refractivity contribution in [1.82, 2.24) is 0 Å². The number of nitrogens with zero attached hydrogens (tertiary/aromatic N) is 1. The van der Waals surface area contributed by atoms with Crippen LogP contribution in [-0.4, -0.2) is 37.9 Å². The quantitative estimate of drug-likeness (QED) is 0.580. The van der Waals surface area contributed by atoms with Crippen LogP contribution in [0.1, 0.15) is 22.3 Å². The Morgan fingerprint density at radius 3 is 2.59 bits per heavy atom. The van der Waals surface area contributed by atoms with E-state index in [0.717, 1.165) is 5.56 Å². The van der Waals surface area contributed by atoms with Gasteiger partial charge in [0.2, 0.25) is 5.91 Å². The zero-order valence-corrected chi connectivity index (χ0v) is 15.3. The molecule has 140 valence electrons. The number of Topliss-reactive ketones (excluding diaryl/α,β-unsaturated/α-hetero) is 1. The number of ether oxygens (including phenoxy) is 2. The summed E-state index contributed by atoms with van der Waals surface area (Å²) in [6.07, 6.45) is 0.0643. The number of amides is 1. The second-order valence-electron chi connectivity index (χ2n) is 6.50. The standard InChI is InChI=1S/C21H21NO5/c1-14-6-8-15(9-7-14)19(23)13-27-21(25)16-10-20(24)22(12-16)17-4-3-5-18(11-17)26-2/h3-9,11,16H,10,12-13H2,1-2H3/t16-/m0/s1. The SMILES string of the molecule is COc1cccc(N2C[C@@H](C(=O)OCC(=O)c3ccc(C)cc3)CC2=O)c1. The molecule has 0 aromatic heterocycles. The Hall–Kier alpha value is -3.15. The maximum atomic E-state index is 12.3. The van der Waals surface area contributed by atoms with Crippen LogP contribution < -0.4 is 9.64 Å². The molecule has 1 fully saturated rings. The second kappa shape index (κ2) is 8.03. The molecule has 0 N–H and O–H groups in total. The molecular formula is C21H21NO5. The maximum Gasteiger partial charge on any atom is 0.311 e. The number of anilines is 1. The first-order valence-electron chi connectivity index (χ1n) is 8.69. The van der Waals surface area contributed by atoms with Gasteiger partial charge in [0.25, 0.3) is 0 Å². The van der Waals surface area contributed by atoms with Crippen LogP contribution in [0.3, 0.4) is 0 Å². The molecule has 27 heavy (non-hydrogen) atoms. The molecule has 1 amide bonds. The van der Waals surface area contributed by atoms with Crippen molar-refractivity contribution in [3.8, 4) is 5.75 Å². The third-order valence-electron chi connectivity index (χ3n) is 4.54. The molecule has 1 saturated heterocycles. The number of esters is 1. The summed E-state index contributed by atoms with van der Waals surface area (Å²) >= 11 is 0. The number of hydrogen-bond acceptors (Lipinski definition) is 5. The first-order valence-corrected chi connectivity index (χ1v) is 8.69. The van der Waals surface area contributed by atoms with Crippen LogP contribution in [0.25, 0.3) is 0 Å². The highest BCUT2D eigenvalue weighted by Crippen LogP contribution is 2.28. The Balaban J connectivity index is 1.58. The van der Waals surface area contributed by atoms with Crippen LogP contribution in [0.5, 0.6) is 5.75 Å². The van der Waals surface area contributed by atoms with Crippen molar-refractivity contribution in [2.75, 3.05) is 25.2 Å². The molecule has 1 aliphatic rings. The Kier molecular flexibility index (Phi) is 5.54. The lowest BCUT2D eigenvalue weighted by Crippen LogP contribution is -2.27. The molecule has 0 unspecified atom stereocenters. The fourth-order valence-corrected chi connectivity index (χ4v) is 2.97. The lowest BCUT2D eigenvalue weighted by atomic mass is 10.1. The fourth-order valence-electron chi connectivity index (χ4n) is 2.97. The summed E-state index contributed by atoms with van der Waals surface area (Å²) in [5.74, 6) is -0.911. The maximum absolute atomic E-state index is 12.3. The van der Waals surface area contributed by atoms with Gasteiger partial charge in [0.1, 0.15) is 5.75 Å². The van der Waals surface area contributed by atoms with Crippen molar-refractivity contribution in [2.45, 2.75) is 13.3 Å². The molecule has 0 radical (unpaired) electrons. The summed E-state index contributed by atoms with van der Waals surface area (Å²) in [5.41, 5.74) is 2.21. The summed E-state index contributed by atoms with van der Waals surface area (Å²) in [4.78, 5) is 38.3. The van der Waals surface area contributed by atoms with E-state index in [0.29, 0.717) is 17.0 Å². The number of rotatable bonds is 6. The lowest BCUT2D eigenvalue weighted by molar-refractivity contribution is -0.147. The predicted molar refractivity (Wildman–Crippen MR) is 99.9 cm³/mol. The van der Waals surface area contributed by atoms with Gasteiger partial charge in [0.15, 0.2) is 12.4 Å². The van der Waals surface area contributed by atoms with E-state index in [2.05, 4.69) is 0 Å². The average Bonchev–Trinajstić information content (AvgIpc) is 3.08. The number of ketones is 1. The minimum absolute atomic E-state index is 0.0643. The molecule has 2 aromatic rings. The second-order valence-corrected chi connectivity index (χ2v) is 6.50. The Morgan fingerprint density at radius 1 is 1.15 bits per heavy atom. The topological polar surface area (TPSA) is 72.9 Å². The molecule has 6 heteroatoms. The third-order valence-corrected chi connectivity index (χ3v) is 4.54. The van der Waals surface area contributed by atoms with Gasteiger partial charge in [-0.05, 0) is 19.1 Å². The molecule has 3 rings (SSSR count). The highest BCUT2D eigenvalue weighted by Gasteiger charge is 2.36. The molecule has 1 heterocycles. The molecule has 1 aliphatic heterocycles. The third kappa shape index (κ3) is 4.34. The predicted octanol–water partition coefficient (Wildman–Crippen LogP) is 2.78. The van der Waals surface area contributed by atoms with Gasteiger partial charge in [0, 0.05) is 30.3 Å². The highest BCUT2D eigenvalue weighted by atomic mass is 16.5. The van der Waals surface area contributed by atoms with Gasteiger partial charge in [-0.2, -0.15) is 0 Å². The van der Waals surface area contributed by atoms with E-state index in [1.54, 1.807) is 43.5 Å². The van der Waals surface area contributed by atoms with E-state index in [4.69, 9.17) is 9.47 Å². The number of methoxy groups -OCH3 is 1. The Bertz CT molecular complexity index is 859. The smallest absolute Gasteiger partial charge is 0.311 e. The van der Waals surface area contributed by atoms with Crippen LogP contribution in [0.4, 0.5) is 5.69 Å². The van der Waals surface area contributed by atoms with Crippen molar-refractivity contribution in [3.05, 3.63) is 59.7 Å². The first-order chi connectivity index (χ1) is 13.0. The summed E-state index contributed by atoms with van der Waals surface area (Å²) in [6, 6.07) is 14.2. The van der Waals surface area contributed by atoms with E-state index >= 15 is 0 Å². The van der Waals surface area contributed by atoms with Crippen LogP contribution in [-0.2, 0) is 14.3 Å². The van der Waals surface area contributed by atoms with Gasteiger partial charge in [-0.3, -0.25) is 14.4 Å². The molecule has 2 aromatic carbocycles. The Morgan fingerprint density at radius 2 is 1.89 bits per heavy atom. The fraction of sp³-hybridized carbons (Fsp3) is 0.286. The zero-order valence-electron chi connectivity index (χ0n) is 15.3. The number of carbonyl (C=O) groups is 3. The van der Waals surface area contributed by atoms with Gasteiger partial charge >= 0.3 is 5.97 Å². The van der Waals surface area contributed by atoms with Crippen LogP contribution in [0.2, 0.25) is 0 Å². The van der Waals surface area contributed by atoms with E-state index < -0.39 is 11.9 Å². The lowest BCUT2D eigenvalue weighted by Gasteiger charge is -2.17. The van der Waals surface area contributed by atoms with Gasteiger partial charge in [-0.25, -0.2) is 0 Å². The van der Waals surface area contributed by atoms with Gasteiger partial charge < -0.3 is 14.4 Å². The van der Waals surface area contributed by atoms with Crippen molar-refractivity contribution < 1.29 is 23.9 Å². The molecule has 0 aliphatic carbocycles.